The van der Waals surface area contributed by atoms with Crippen molar-refractivity contribution in [3.8, 4) is 17.2 Å². The lowest BCUT2D eigenvalue weighted by Gasteiger charge is -2.12. The van der Waals surface area contributed by atoms with Crippen molar-refractivity contribution in [2.45, 2.75) is 12.6 Å². The van der Waals surface area contributed by atoms with Gasteiger partial charge in [-0.05, 0) is 53.5 Å². The zero-order valence-electron chi connectivity index (χ0n) is 19.6. The Morgan fingerprint density at radius 2 is 1.37 bits per heavy atom. The lowest BCUT2D eigenvalue weighted by molar-refractivity contribution is -0.137. The van der Waals surface area contributed by atoms with Crippen molar-refractivity contribution in [2.24, 2.45) is 0 Å². The van der Waals surface area contributed by atoms with Gasteiger partial charge in [-0.2, -0.15) is 13.2 Å². The molecule has 0 bridgehead atoms. The van der Waals surface area contributed by atoms with Crippen LogP contribution >= 0.6 is 0 Å². The number of ether oxygens (including phenoxy) is 3. The third kappa shape index (κ3) is 6.76. The fourth-order valence-electron chi connectivity index (χ4n) is 3.38. The van der Waals surface area contributed by atoms with E-state index in [4.69, 9.17) is 14.2 Å². The summed E-state index contributed by atoms with van der Waals surface area (Å²) >= 11 is 0. The van der Waals surface area contributed by atoms with Crippen LogP contribution in [0.2, 0.25) is 0 Å². The smallest absolute Gasteiger partial charge is 0.416 e. The number of ketones is 1. The molecule has 0 aliphatic carbocycles. The van der Waals surface area contributed by atoms with Crippen molar-refractivity contribution in [1.29, 1.82) is 0 Å². The molecule has 0 fully saturated rings. The van der Waals surface area contributed by atoms with Crippen molar-refractivity contribution in [1.82, 2.24) is 0 Å². The molecule has 0 atom stereocenters. The third-order valence-electron chi connectivity index (χ3n) is 5.25. The van der Waals surface area contributed by atoms with Crippen LogP contribution in [0.3, 0.4) is 0 Å². The van der Waals surface area contributed by atoms with Gasteiger partial charge in [0.15, 0.2) is 17.3 Å². The molecule has 0 aliphatic rings. The molecule has 0 aliphatic heterocycles. The fourth-order valence-corrected chi connectivity index (χ4v) is 3.38. The molecule has 0 unspecified atom stereocenters. The van der Waals surface area contributed by atoms with Gasteiger partial charge in [-0.3, -0.25) is 4.79 Å². The van der Waals surface area contributed by atoms with Gasteiger partial charge in [0, 0.05) is 5.56 Å². The molecule has 0 radical (unpaired) electrons. The second-order valence-electron chi connectivity index (χ2n) is 7.58. The second-order valence-corrected chi connectivity index (χ2v) is 7.58. The fraction of sp³-hybridized carbons (Fsp3) is 0.179. The molecule has 0 heterocycles. The third-order valence-corrected chi connectivity index (χ3v) is 5.25. The van der Waals surface area contributed by atoms with Gasteiger partial charge in [-0.1, -0.05) is 54.6 Å². The first-order valence-corrected chi connectivity index (χ1v) is 10.7. The number of methoxy groups -OCH3 is 3. The highest BCUT2D eigenvalue weighted by atomic mass is 19.4. The summed E-state index contributed by atoms with van der Waals surface area (Å²) in [7, 11) is 4.68. The first-order valence-electron chi connectivity index (χ1n) is 10.7. The van der Waals surface area contributed by atoms with E-state index >= 15 is 0 Å². The molecular formula is C28H25F3O4. The summed E-state index contributed by atoms with van der Waals surface area (Å²) in [6, 6.07) is 15.7. The van der Waals surface area contributed by atoms with Crippen molar-refractivity contribution in [2.75, 3.05) is 21.3 Å². The zero-order chi connectivity index (χ0) is 25.4. The van der Waals surface area contributed by atoms with E-state index in [-0.39, 0.29) is 11.3 Å². The van der Waals surface area contributed by atoms with Crippen LogP contribution in [0.5, 0.6) is 17.2 Å². The SMILES string of the molecule is COc1cc(/C=C\c2ccc(C/C=C\C(=O)c3ccc(C(F)(F)F)cc3)cc2)cc(OC)c1OC. The van der Waals surface area contributed by atoms with Crippen molar-refractivity contribution >= 4 is 17.9 Å². The van der Waals surface area contributed by atoms with Crippen LogP contribution in [-0.2, 0) is 12.6 Å². The van der Waals surface area contributed by atoms with Crippen LogP contribution in [0.4, 0.5) is 13.2 Å². The van der Waals surface area contributed by atoms with Gasteiger partial charge in [0.2, 0.25) is 5.75 Å². The quantitative estimate of drug-likeness (QED) is 0.189. The predicted octanol–water partition coefficient (Wildman–Crippen LogP) is 6.88. The molecule has 4 nitrogen and oxygen atoms in total. The average Bonchev–Trinajstić information content (AvgIpc) is 2.86. The number of carbonyl (C=O) groups excluding carboxylic acids is 1. The summed E-state index contributed by atoms with van der Waals surface area (Å²) in [5, 5.41) is 0. The number of hydrogen-bond donors (Lipinski definition) is 0. The Balaban J connectivity index is 1.62. The first kappa shape index (κ1) is 25.6. The van der Waals surface area contributed by atoms with E-state index < -0.39 is 11.7 Å². The maximum atomic E-state index is 12.6. The maximum Gasteiger partial charge on any atom is 0.416 e. The Bertz CT molecular complexity index is 1180. The molecule has 0 saturated heterocycles. The summed E-state index contributed by atoms with van der Waals surface area (Å²) in [6.07, 6.45) is 3.05. The zero-order valence-corrected chi connectivity index (χ0v) is 19.6. The van der Waals surface area contributed by atoms with E-state index in [2.05, 4.69) is 0 Å². The van der Waals surface area contributed by atoms with Gasteiger partial charge in [-0.25, -0.2) is 0 Å². The molecule has 7 heteroatoms. The lowest BCUT2D eigenvalue weighted by atomic mass is 10.1. The molecular weight excluding hydrogens is 457 g/mol. The van der Waals surface area contributed by atoms with E-state index in [1.54, 1.807) is 27.4 Å². The number of alkyl halides is 3. The van der Waals surface area contributed by atoms with Crippen LogP contribution in [-0.4, -0.2) is 27.1 Å². The van der Waals surface area contributed by atoms with Gasteiger partial charge in [0.25, 0.3) is 0 Å². The highest BCUT2D eigenvalue weighted by Gasteiger charge is 2.30. The first-order chi connectivity index (χ1) is 16.7. The summed E-state index contributed by atoms with van der Waals surface area (Å²) in [4.78, 5) is 12.2. The predicted molar refractivity (Wildman–Crippen MR) is 130 cm³/mol. The maximum absolute atomic E-state index is 12.6. The van der Waals surface area contributed by atoms with Crippen LogP contribution in [0, 0.1) is 0 Å². The molecule has 3 aromatic rings. The van der Waals surface area contributed by atoms with E-state index in [9.17, 15) is 18.0 Å². The largest absolute Gasteiger partial charge is 0.493 e. The minimum absolute atomic E-state index is 0.210. The van der Waals surface area contributed by atoms with Crippen LogP contribution in [0.15, 0.2) is 72.8 Å². The number of rotatable bonds is 9. The number of allylic oxidation sites excluding steroid dienone is 2. The van der Waals surface area contributed by atoms with Crippen molar-refractivity contribution < 1.29 is 32.2 Å². The lowest BCUT2D eigenvalue weighted by Crippen LogP contribution is -2.05. The van der Waals surface area contributed by atoms with Crippen LogP contribution < -0.4 is 14.2 Å². The minimum Gasteiger partial charge on any atom is -0.493 e. The Hall–Kier alpha value is -4.00. The Morgan fingerprint density at radius 1 is 0.800 bits per heavy atom. The number of halogens is 3. The van der Waals surface area contributed by atoms with Crippen molar-refractivity contribution in [3.05, 3.63) is 101 Å². The van der Waals surface area contributed by atoms with Gasteiger partial charge < -0.3 is 14.2 Å². The Kier molecular flexibility index (Phi) is 8.36. The Morgan fingerprint density at radius 3 is 1.89 bits per heavy atom. The molecule has 0 aromatic heterocycles. The summed E-state index contributed by atoms with van der Waals surface area (Å²) in [6.45, 7) is 0. The molecule has 3 rings (SSSR count). The summed E-state index contributed by atoms with van der Waals surface area (Å²) < 4.78 is 54.0. The molecule has 182 valence electrons. The van der Waals surface area contributed by atoms with Gasteiger partial charge in [-0.15, -0.1) is 0 Å². The van der Waals surface area contributed by atoms with Crippen molar-refractivity contribution in [3.63, 3.8) is 0 Å². The number of hydrogen-bond acceptors (Lipinski definition) is 4. The van der Waals surface area contributed by atoms with Gasteiger partial charge >= 0.3 is 6.18 Å². The monoisotopic (exact) mass is 482 g/mol. The van der Waals surface area contributed by atoms with E-state index in [0.29, 0.717) is 23.7 Å². The highest BCUT2D eigenvalue weighted by Crippen LogP contribution is 2.38. The second kappa shape index (κ2) is 11.4. The van der Waals surface area contributed by atoms with Gasteiger partial charge in [0.05, 0.1) is 26.9 Å². The molecule has 3 aromatic carbocycles. The number of carbonyl (C=O) groups is 1. The normalized spacial score (nSPS) is 11.7. The van der Waals surface area contributed by atoms with Crippen LogP contribution in [0.1, 0.15) is 32.6 Å². The molecule has 0 spiro atoms. The van der Waals surface area contributed by atoms with Crippen LogP contribution in [0.25, 0.3) is 12.2 Å². The number of benzene rings is 3. The Labute approximate surface area is 202 Å². The minimum atomic E-state index is -4.42. The molecule has 0 saturated carbocycles. The van der Waals surface area contributed by atoms with Gasteiger partial charge in [0.1, 0.15) is 0 Å². The topological polar surface area (TPSA) is 44.8 Å². The molecule has 35 heavy (non-hydrogen) atoms. The highest BCUT2D eigenvalue weighted by molar-refractivity contribution is 6.04. The van der Waals surface area contributed by atoms with E-state index in [1.165, 1.54) is 18.2 Å². The summed E-state index contributed by atoms with van der Waals surface area (Å²) in [5.74, 6) is 1.32. The molecule has 0 N–H and O–H groups in total. The standard InChI is InChI=1S/C28H25F3O4/c1-33-25-17-21(18-26(34-2)27(25)35-3)12-11-20-9-7-19(8-10-20)5-4-6-24(32)22-13-15-23(16-14-22)28(29,30)31/h4,6-18H,5H2,1-3H3/b6-4-,12-11-. The van der Waals surface area contributed by atoms with E-state index in [1.807, 2.05) is 48.6 Å². The summed E-state index contributed by atoms with van der Waals surface area (Å²) in [5.41, 5.74) is 2.28. The van der Waals surface area contributed by atoms with E-state index in [0.717, 1.165) is 28.8 Å². The average molecular weight is 482 g/mol. The molecule has 0 amide bonds.